The third-order valence-corrected chi connectivity index (χ3v) is 4.64. The Morgan fingerprint density at radius 2 is 2.20 bits per heavy atom. The Labute approximate surface area is 120 Å². The van der Waals surface area contributed by atoms with Crippen LogP contribution >= 0.6 is 0 Å². The molecule has 1 saturated heterocycles. The molecule has 3 rings (SSSR count). The first-order chi connectivity index (χ1) is 9.50. The molecule has 3 N–H and O–H groups in total. The van der Waals surface area contributed by atoms with Gasteiger partial charge in [-0.3, -0.25) is 4.90 Å². The molecule has 1 saturated carbocycles. The Balaban J connectivity index is 1.83. The number of rotatable bonds is 3. The Morgan fingerprint density at radius 3 is 2.90 bits per heavy atom. The van der Waals surface area contributed by atoms with E-state index >= 15 is 0 Å². The van der Waals surface area contributed by atoms with E-state index in [9.17, 15) is 10.2 Å². The van der Waals surface area contributed by atoms with Crippen LogP contribution in [0.4, 0.5) is 0 Å². The maximum atomic E-state index is 10.5. The fraction of sp³-hybridized carbons (Fsp3) is 0.529. The quantitative estimate of drug-likeness (QED) is 0.665. The van der Waals surface area contributed by atoms with E-state index in [1.165, 1.54) is 18.4 Å². The summed E-state index contributed by atoms with van der Waals surface area (Å²) in [5, 5.41) is 21.0. The lowest BCUT2D eigenvalue weighted by Crippen LogP contribution is -3.13. The van der Waals surface area contributed by atoms with Crippen molar-refractivity contribution in [2.75, 3.05) is 6.54 Å². The van der Waals surface area contributed by atoms with Crippen molar-refractivity contribution in [3.8, 4) is 0 Å². The van der Waals surface area contributed by atoms with Crippen LogP contribution in [-0.4, -0.2) is 34.5 Å². The van der Waals surface area contributed by atoms with Gasteiger partial charge in [-0.25, -0.2) is 0 Å². The van der Waals surface area contributed by atoms with Crippen molar-refractivity contribution in [1.82, 2.24) is 0 Å². The van der Waals surface area contributed by atoms with Crippen LogP contribution in [0.25, 0.3) is 0 Å². The first-order valence-corrected chi connectivity index (χ1v) is 7.50. The molecule has 20 heavy (non-hydrogen) atoms. The lowest BCUT2D eigenvalue weighted by atomic mass is 9.95. The molecule has 0 amide bonds. The normalized spacial score (nSPS) is 41.1. The maximum absolute atomic E-state index is 10.5. The highest BCUT2D eigenvalue weighted by atomic mass is 16.3. The summed E-state index contributed by atoms with van der Waals surface area (Å²) in [6.07, 6.45) is 14.4. The molecule has 4 atom stereocenters. The first-order valence-electron chi connectivity index (χ1n) is 7.50. The Hall–Kier alpha value is -1.16. The smallest absolute Gasteiger partial charge is 0.167 e. The number of fused-ring (bicyclic) bond motifs is 1. The number of quaternary nitrogens is 1. The van der Waals surface area contributed by atoms with Crippen LogP contribution in [0.5, 0.6) is 0 Å². The second kappa shape index (κ2) is 4.99. The monoisotopic (exact) mass is 274 g/mol. The van der Waals surface area contributed by atoms with Gasteiger partial charge in [-0.1, -0.05) is 18.2 Å². The molecule has 3 nitrogen and oxygen atoms in total. The number of aliphatic hydroxyl groups is 2. The molecule has 4 unspecified atom stereocenters. The largest absolute Gasteiger partial charge is 0.383 e. The van der Waals surface area contributed by atoms with E-state index in [-0.39, 0.29) is 6.04 Å². The highest BCUT2D eigenvalue weighted by molar-refractivity contribution is 5.28. The van der Waals surface area contributed by atoms with Gasteiger partial charge in [-0.05, 0) is 56.4 Å². The van der Waals surface area contributed by atoms with Gasteiger partial charge in [-0.2, -0.15) is 0 Å². The van der Waals surface area contributed by atoms with Gasteiger partial charge in [0.05, 0.1) is 0 Å². The summed E-state index contributed by atoms with van der Waals surface area (Å²) < 4.78 is 0. The van der Waals surface area contributed by atoms with Gasteiger partial charge in [0.2, 0.25) is 0 Å². The highest BCUT2D eigenvalue weighted by Gasteiger charge is 2.55. The first kappa shape index (κ1) is 13.8. The summed E-state index contributed by atoms with van der Waals surface area (Å²) in [5.41, 5.74) is 0.926. The molecule has 0 aromatic rings. The molecular formula is C17H24NO2+. The van der Waals surface area contributed by atoms with E-state index < -0.39 is 11.7 Å². The Kier molecular flexibility index (Phi) is 3.44. The topological polar surface area (TPSA) is 44.9 Å². The summed E-state index contributed by atoms with van der Waals surface area (Å²) in [6.45, 7) is 4.60. The number of nitrogens with one attached hydrogen (secondary N) is 1. The zero-order valence-corrected chi connectivity index (χ0v) is 12.2. The molecule has 0 aromatic carbocycles. The van der Waals surface area contributed by atoms with Crippen LogP contribution in [0.3, 0.4) is 0 Å². The van der Waals surface area contributed by atoms with Crippen LogP contribution in [0.15, 0.2) is 47.7 Å². The van der Waals surface area contributed by atoms with Gasteiger partial charge in [0.25, 0.3) is 0 Å². The van der Waals surface area contributed by atoms with E-state index in [1.54, 1.807) is 6.92 Å². The Morgan fingerprint density at radius 1 is 1.45 bits per heavy atom. The minimum absolute atomic E-state index is 0.0787. The predicted molar refractivity (Wildman–Crippen MR) is 79.1 cm³/mol. The highest BCUT2D eigenvalue weighted by Crippen LogP contribution is 2.31. The van der Waals surface area contributed by atoms with E-state index in [0.29, 0.717) is 0 Å². The third kappa shape index (κ3) is 2.41. The van der Waals surface area contributed by atoms with Crippen molar-refractivity contribution >= 4 is 0 Å². The van der Waals surface area contributed by atoms with Crippen LogP contribution in [0.1, 0.15) is 26.7 Å². The summed E-state index contributed by atoms with van der Waals surface area (Å²) in [7, 11) is 0. The summed E-state index contributed by atoms with van der Waals surface area (Å²) in [6, 6.07) is -0.0787. The van der Waals surface area contributed by atoms with E-state index in [0.717, 1.165) is 23.1 Å². The Bertz CT molecular complexity index is 509. The summed E-state index contributed by atoms with van der Waals surface area (Å²) in [5.74, 6) is 0.760. The number of hydrogen-bond donors (Lipinski definition) is 3. The van der Waals surface area contributed by atoms with E-state index in [2.05, 4.69) is 31.2 Å². The maximum Gasteiger partial charge on any atom is 0.167 e. The van der Waals surface area contributed by atoms with Gasteiger partial charge in [0.15, 0.2) is 5.60 Å². The van der Waals surface area contributed by atoms with Crippen molar-refractivity contribution in [2.24, 2.45) is 5.92 Å². The molecule has 0 aromatic heterocycles. The van der Waals surface area contributed by atoms with Crippen LogP contribution in [0.2, 0.25) is 0 Å². The zero-order valence-electron chi connectivity index (χ0n) is 12.2. The van der Waals surface area contributed by atoms with Crippen molar-refractivity contribution < 1.29 is 15.1 Å². The number of allylic oxidation sites excluding steroid dienone is 5. The molecular weight excluding hydrogens is 250 g/mol. The standard InChI is InChI=1S/C17H23NO2/c1-12(6-7-13-8-9-13)11-14-16(19)17(2,20)15-5-3-4-10-18(14)15/h3-7,11,13-14,16,19-20H,8-10H2,1-2H3/p+1. The zero-order chi connectivity index (χ0) is 14.3. The summed E-state index contributed by atoms with van der Waals surface area (Å²) in [4.78, 5) is 1.16. The average Bonchev–Trinajstić information content (AvgIpc) is 3.23. The lowest BCUT2D eigenvalue weighted by molar-refractivity contribution is -0.868. The molecule has 0 bridgehead atoms. The lowest BCUT2D eigenvalue weighted by Gasteiger charge is -2.21. The number of hydrogen-bond acceptors (Lipinski definition) is 2. The molecule has 2 fully saturated rings. The SMILES string of the molecule is CC(C=CC1CC1)=CC1C(O)C(C)(O)C2=CC=CC[NH+]21. The molecule has 3 heteroatoms. The van der Waals surface area contributed by atoms with E-state index in [1.807, 2.05) is 12.2 Å². The number of aliphatic hydroxyl groups excluding tert-OH is 1. The molecule has 2 aliphatic heterocycles. The molecule has 2 heterocycles. The van der Waals surface area contributed by atoms with Crippen molar-refractivity contribution in [1.29, 1.82) is 0 Å². The van der Waals surface area contributed by atoms with Gasteiger partial charge < -0.3 is 10.2 Å². The van der Waals surface area contributed by atoms with Crippen LogP contribution in [-0.2, 0) is 0 Å². The minimum Gasteiger partial charge on any atom is -0.383 e. The molecule has 0 spiro atoms. The second-order valence-corrected chi connectivity index (χ2v) is 6.46. The van der Waals surface area contributed by atoms with Crippen molar-refractivity contribution in [2.45, 2.75) is 44.4 Å². The van der Waals surface area contributed by atoms with Crippen molar-refractivity contribution in [3.63, 3.8) is 0 Å². The molecule has 1 aliphatic carbocycles. The average molecular weight is 274 g/mol. The van der Waals surface area contributed by atoms with Crippen LogP contribution in [0, 0.1) is 5.92 Å². The van der Waals surface area contributed by atoms with Gasteiger partial charge >= 0.3 is 0 Å². The fourth-order valence-electron chi connectivity index (χ4n) is 3.19. The molecule has 3 aliphatic rings. The predicted octanol–water partition coefficient (Wildman–Crippen LogP) is 0.732. The van der Waals surface area contributed by atoms with Crippen LogP contribution < -0.4 is 4.90 Å². The van der Waals surface area contributed by atoms with Gasteiger partial charge in [-0.15, -0.1) is 0 Å². The molecule has 0 radical (unpaired) electrons. The van der Waals surface area contributed by atoms with Gasteiger partial charge in [0.1, 0.15) is 24.4 Å². The van der Waals surface area contributed by atoms with Crippen molar-refractivity contribution in [3.05, 3.63) is 47.7 Å². The minimum atomic E-state index is -1.14. The third-order valence-electron chi connectivity index (χ3n) is 4.64. The van der Waals surface area contributed by atoms with Gasteiger partial charge in [0, 0.05) is 0 Å². The fourth-order valence-corrected chi connectivity index (χ4v) is 3.19. The molecule has 108 valence electrons. The summed E-state index contributed by atoms with van der Waals surface area (Å²) >= 11 is 0. The second-order valence-electron chi connectivity index (χ2n) is 6.46. The van der Waals surface area contributed by atoms with E-state index in [4.69, 9.17) is 0 Å².